The fraction of sp³-hybridized carbons (Fsp3) is 0.923. The van der Waals surface area contributed by atoms with E-state index in [0.29, 0.717) is 12.1 Å². The van der Waals surface area contributed by atoms with Crippen molar-refractivity contribution < 1.29 is 14.3 Å². The lowest BCUT2D eigenvalue weighted by atomic mass is 9.80. The summed E-state index contributed by atoms with van der Waals surface area (Å²) >= 11 is 0. The van der Waals surface area contributed by atoms with Gasteiger partial charge in [0.15, 0.2) is 0 Å². The monoisotopic (exact) mass is 237 g/mol. The maximum Gasteiger partial charge on any atom is 0.311 e. The van der Waals surface area contributed by atoms with Gasteiger partial charge in [-0.1, -0.05) is 6.92 Å². The summed E-state index contributed by atoms with van der Waals surface area (Å²) in [6, 6.07) is 0.424. The maximum absolute atomic E-state index is 11.8. The van der Waals surface area contributed by atoms with Gasteiger partial charge in [0.1, 0.15) is 0 Å². The summed E-state index contributed by atoms with van der Waals surface area (Å²) in [5.41, 5.74) is 0. The van der Waals surface area contributed by atoms with Gasteiger partial charge in [-0.05, 0) is 32.4 Å². The number of hydrogen-bond acceptors (Lipinski definition) is 4. The van der Waals surface area contributed by atoms with Crippen LogP contribution in [-0.4, -0.2) is 41.9 Å². The molecular formula is C13H19NO3. The van der Waals surface area contributed by atoms with Crippen LogP contribution >= 0.6 is 0 Å². The fourth-order valence-electron chi connectivity index (χ4n) is 4.48. The summed E-state index contributed by atoms with van der Waals surface area (Å²) in [6.45, 7) is 4.32. The SMILES string of the molecule is C[C@@H]1C(=O)O[C@@]23CCCN4CCC[C@H](O2)[C@H]4[C@@H]13. The van der Waals surface area contributed by atoms with Gasteiger partial charge in [-0.25, -0.2) is 0 Å². The summed E-state index contributed by atoms with van der Waals surface area (Å²) in [4.78, 5) is 14.4. The number of carbonyl (C=O) groups is 1. The van der Waals surface area contributed by atoms with Gasteiger partial charge in [0, 0.05) is 12.5 Å². The molecule has 4 heterocycles. The van der Waals surface area contributed by atoms with E-state index in [1.54, 1.807) is 0 Å². The molecule has 4 nitrogen and oxygen atoms in total. The molecule has 0 saturated carbocycles. The Hall–Kier alpha value is -0.610. The lowest BCUT2D eigenvalue weighted by Gasteiger charge is -2.38. The second kappa shape index (κ2) is 3.23. The second-order valence-corrected chi connectivity index (χ2v) is 5.98. The first-order valence-electron chi connectivity index (χ1n) is 6.86. The van der Waals surface area contributed by atoms with E-state index in [2.05, 4.69) is 4.90 Å². The second-order valence-electron chi connectivity index (χ2n) is 5.98. The Kier molecular flexibility index (Phi) is 1.96. The molecule has 5 atom stereocenters. The standard InChI is InChI=1S/C13H19NO3/c1-8-10-11-9-4-2-6-14(11)7-3-5-13(10,16-9)17-12(8)15/h8-11H,2-7H2,1H3/t8-,9-,10+,11-,13+/m0/s1. The number of piperidine rings is 1. The molecule has 4 rings (SSSR count). The van der Waals surface area contributed by atoms with Gasteiger partial charge in [0.05, 0.1) is 17.9 Å². The van der Waals surface area contributed by atoms with Gasteiger partial charge >= 0.3 is 5.97 Å². The highest BCUT2D eigenvalue weighted by atomic mass is 16.7. The Morgan fingerprint density at radius 3 is 3.06 bits per heavy atom. The van der Waals surface area contributed by atoms with Gasteiger partial charge in [0.2, 0.25) is 5.79 Å². The molecule has 4 saturated heterocycles. The molecule has 94 valence electrons. The minimum absolute atomic E-state index is 0.00343. The number of ether oxygens (including phenoxy) is 2. The van der Waals surface area contributed by atoms with Gasteiger partial charge in [0.25, 0.3) is 0 Å². The summed E-state index contributed by atoms with van der Waals surface area (Å²) in [5, 5.41) is 0. The predicted octanol–water partition coefficient (Wildman–Crippen LogP) is 1.15. The van der Waals surface area contributed by atoms with Crippen LogP contribution in [0, 0.1) is 11.8 Å². The fourth-order valence-corrected chi connectivity index (χ4v) is 4.48. The zero-order chi connectivity index (χ0) is 11.6. The quantitative estimate of drug-likeness (QED) is 0.592. The Bertz CT molecular complexity index is 366. The Morgan fingerprint density at radius 2 is 2.18 bits per heavy atom. The van der Waals surface area contributed by atoms with E-state index in [1.807, 2.05) is 6.92 Å². The number of esters is 1. The van der Waals surface area contributed by atoms with Crippen LogP contribution in [0.15, 0.2) is 0 Å². The molecule has 0 unspecified atom stereocenters. The highest BCUT2D eigenvalue weighted by molar-refractivity contribution is 5.75. The zero-order valence-corrected chi connectivity index (χ0v) is 10.2. The molecule has 4 aliphatic heterocycles. The average molecular weight is 237 g/mol. The number of rotatable bonds is 0. The van der Waals surface area contributed by atoms with Crippen LogP contribution in [0.2, 0.25) is 0 Å². The molecule has 4 fully saturated rings. The Labute approximate surface area is 101 Å². The summed E-state index contributed by atoms with van der Waals surface area (Å²) < 4.78 is 11.9. The first-order chi connectivity index (χ1) is 8.21. The third kappa shape index (κ3) is 1.18. The average Bonchev–Trinajstić information content (AvgIpc) is 2.66. The smallest absolute Gasteiger partial charge is 0.311 e. The lowest BCUT2D eigenvalue weighted by Crippen LogP contribution is -2.50. The first-order valence-corrected chi connectivity index (χ1v) is 6.86. The minimum atomic E-state index is -0.565. The number of nitrogens with zero attached hydrogens (tertiary/aromatic N) is 1. The van der Waals surface area contributed by atoms with E-state index in [0.717, 1.165) is 32.4 Å². The zero-order valence-electron chi connectivity index (χ0n) is 10.2. The van der Waals surface area contributed by atoms with E-state index >= 15 is 0 Å². The Balaban J connectivity index is 1.80. The van der Waals surface area contributed by atoms with E-state index < -0.39 is 5.79 Å². The maximum atomic E-state index is 11.8. The van der Waals surface area contributed by atoms with Gasteiger partial charge in [-0.15, -0.1) is 0 Å². The summed E-state index contributed by atoms with van der Waals surface area (Å²) in [6.07, 6.45) is 4.61. The van der Waals surface area contributed by atoms with Gasteiger partial charge < -0.3 is 9.47 Å². The molecule has 4 aliphatic rings. The van der Waals surface area contributed by atoms with Crippen LogP contribution < -0.4 is 0 Å². The molecule has 4 heteroatoms. The molecule has 0 aromatic heterocycles. The van der Waals surface area contributed by atoms with Crippen molar-refractivity contribution >= 4 is 5.97 Å². The molecule has 0 aromatic carbocycles. The lowest BCUT2D eigenvalue weighted by molar-refractivity contribution is -0.222. The molecule has 0 aliphatic carbocycles. The first kappa shape index (κ1) is 10.3. The highest BCUT2D eigenvalue weighted by Gasteiger charge is 2.67. The van der Waals surface area contributed by atoms with E-state index in [-0.39, 0.29) is 17.8 Å². The number of hydrogen-bond donors (Lipinski definition) is 0. The van der Waals surface area contributed by atoms with Crippen LogP contribution in [0.3, 0.4) is 0 Å². The van der Waals surface area contributed by atoms with Crippen molar-refractivity contribution in [2.45, 2.75) is 50.5 Å². The topological polar surface area (TPSA) is 38.8 Å². The van der Waals surface area contributed by atoms with Crippen molar-refractivity contribution in [3.05, 3.63) is 0 Å². The minimum Gasteiger partial charge on any atom is -0.432 e. The van der Waals surface area contributed by atoms with Crippen molar-refractivity contribution in [2.24, 2.45) is 11.8 Å². The van der Waals surface area contributed by atoms with Crippen molar-refractivity contribution in [1.82, 2.24) is 4.90 Å². The summed E-state index contributed by atoms with van der Waals surface area (Å²) in [5.74, 6) is -0.349. The van der Waals surface area contributed by atoms with Crippen LogP contribution in [0.1, 0.15) is 32.6 Å². The number of carbonyl (C=O) groups excluding carboxylic acids is 1. The van der Waals surface area contributed by atoms with Crippen LogP contribution in [0.4, 0.5) is 0 Å². The molecule has 0 amide bonds. The third-order valence-electron chi connectivity index (χ3n) is 5.12. The molecular weight excluding hydrogens is 218 g/mol. The third-order valence-corrected chi connectivity index (χ3v) is 5.12. The molecule has 2 bridgehead atoms. The van der Waals surface area contributed by atoms with Crippen LogP contribution in [0.5, 0.6) is 0 Å². The van der Waals surface area contributed by atoms with E-state index in [9.17, 15) is 4.79 Å². The van der Waals surface area contributed by atoms with Crippen molar-refractivity contribution in [1.29, 1.82) is 0 Å². The predicted molar refractivity (Wildman–Crippen MR) is 60.2 cm³/mol. The van der Waals surface area contributed by atoms with Crippen LogP contribution in [0.25, 0.3) is 0 Å². The van der Waals surface area contributed by atoms with Crippen molar-refractivity contribution in [3.63, 3.8) is 0 Å². The highest BCUT2D eigenvalue weighted by Crippen LogP contribution is 2.54. The van der Waals surface area contributed by atoms with E-state index in [1.165, 1.54) is 6.42 Å². The molecule has 0 spiro atoms. The van der Waals surface area contributed by atoms with Crippen molar-refractivity contribution in [3.8, 4) is 0 Å². The Morgan fingerprint density at radius 1 is 1.35 bits per heavy atom. The van der Waals surface area contributed by atoms with Crippen molar-refractivity contribution in [2.75, 3.05) is 13.1 Å². The van der Waals surface area contributed by atoms with Crippen LogP contribution in [-0.2, 0) is 14.3 Å². The van der Waals surface area contributed by atoms with Gasteiger partial charge in [-0.3, -0.25) is 9.69 Å². The molecule has 0 N–H and O–H groups in total. The largest absolute Gasteiger partial charge is 0.432 e. The molecule has 17 heavy (non-hydrogen) atoms. The van der Waals surface area contributed by atoms with Gasteiger partial charge in [-0.2, -0.15) is 0 Å². The summed E-state index contributed by atoms with van der Waals surface area (Å²) in [7, 11) is 0. The molecule has 0 radical (unpaired) electrons. The van der Waals surface area contributed by atoms with E-state index in [4.69, 9.17) is 9.47 Å². The normalized spacial score (nSPS) is 53.1. The molecule has 0 aromatic rings.